The van der Waals surface area contributed by atoms with Crippen LogP contribution >= 0.6 is 0 Å². The van der Waals surface area contributed by atoms with E-state index in [-0.39, 0.29) is 5.91 Å². The first-order valence-electron chi connectivity index (χ1n) is 9.96. The van der Waals surface area contributed by atoms with Crippen LogP contribution in [-0.2, 0) is 17.9 Å². The van der Waals surface area contributed by atoms with Gasteiger partial charge >= 0.3 is 0 Å². The van der Waals surface area contributed by atoms with Gasteiger partial charge in [-0.2, -0.15) is 0 Å². The molecule has 1 aliphatic rings. The van der Waals surface area contributed by atoms with Gasteiger partial charge in [0.05, 0.1) is 13.0 Å². The lowest BCUT2D eigenvalue weighted by Gasteiger charge is -2.27. The molecule has 4 heteroatoms. The zero-order valence-corrected chi connectivity index (χ0v) is 16.2. The van der Waals surface area contributed by atoms with E-state index in [4.69, 9.17) is 4.74 Å². The summed E-state index contributed by atoms with van der Waals surface area (Å²) in [7, 11) is 0. The van der Waals surface area contributed by atoms with E-state index in [2.05, 4.69) is 28.4 Å². The highest BCUT2D eigenvalue weighted by Gasteiger charge is 2.12. The monoisotopic (exact) mass is 366 g/mol. The van der Waals surface area contributed by atoms with Crippen LogP contribution in [0.2, 0.25) is 0 Å². The number of amides is 1. The number of carbonyl (C=O) groups excluding carboxylic acids is 1. The molecular formula is C23H30N2O2. The quantitative estimate of drug-likeness (QED) is 0.766. The number of benzene rings is 2. The average Bonchev–Trinajstić information content (AvgIpc) is 2.70. The molecule has 2 aromatic rings. The molecule has 4 nitrogen and oxygen atoms in total. The number of aryl methyl sites for hydroxylation is 1. The summed E-state index contributed by atoms with van der Waals surface area (Å²) >= 11 is 0. The third-order valence-corrected chi connectivity index (χ3v) is 5.06. The van der Waals surface area contributed by atoms with Gasteiger partial charge in [0.25, 0.3) is 0 Å². The largest absolute Gasteiger partial charge is 0.493 e. The van der Waals surface area contributed by atoms with Crippen molar-refractivity contribution in [2.75, 3.05) is 19.7 Å². The molecule has 0 saturated carbocycles. The molecular weight excluding hydrogens is 336 g/mol. The first-order valence-corrected chi connectivity index (χ1v) is 9.96. The highest BCUT2D eigenvalue weighted by atomic mass is 16.5. The van der Waals surface area contributed by atoms with Gasteiger partial charge in [0.1, 0.15) is 5.75 Å². The van der Waals surface area contributed by atoms with Crippen molar-refractivity contribution in [1.82, 2.24) is 10.2 Å². The van der Waals surface area contributed by atoms with E-state index in [1.165, 1.54) is 49.0 Å². The van der Waals surface area contributed by atoms with Crippen LogP contribution in [0, 0.1) is 6.92 Å². The molecule has 1 saturated heterocycles. The van der Waals surface area contributed by atoms with Crippen LogP contribution in [0.1, 0.15) is 42.4 Å². The molecule has 0 radical (unpaired) electrons. The second-order valence-corrected chi connectivity index (χ2v) is 7.29. The maximum atomic E-state index is 12.2. The van der Waals surface area contributed by atoms with Crippen LogP contribution in [0.4, 0.5) is 0 Å². The third kappa shape index (κ3) is 6.40. The number of nitrogens with one attached hydrogen (secondary N) is 1. The molecule has 0 aromatic heterocycles. The molecule has 1 amide bonds. The van der Waals surface area contributed by atoms with Crippen molar-refractivity contribution < 1.29 is 9.53 Å². The highest BCUT2D eigenvalue weighted by molar-refractivity contribution is 5.76. The van der Waals surface area contributed by atoms with Crippen LogP contribution in [-0.4, -0.2) is 30.5 Å². The average molecular weight is 367 g/mol. The van der Waals surface area contributed by atoms with Gasteiger partial charge in [-0.15, -0.1) is 0 Å². The van der Waals surface area contributed by atoms with E-state index in [1.54, 1.807) is 0 Å². The standard InChI is InChI=1S/C23H30N2O2/c1-19-9-11-22(12-10-19)27-16-13-23(26)24-17-20-7-3-4-8-21(20)18-25-14-5-2-6-15-25/h3-4,7-12H,2,5-6,13-18H2,1H3,(H,24,26). The number of nitrogens with zero attached hydrogens (tertiary/aromatic N) is 1. The highest BCUT2D eigenvalue weighted by Crippen LogP contribution is 2.16. The first kappa shape index (κ1) is 19.4. The molecule has 0 bridgehead atoms. The Bertz CT molecular complexity index is 721. The van der Waals surface area contributed by atoms with Crippen LogP contribution in [0.5, 0.6) is 5.75 Å². The van der Waals surface area contributed by atoms with Gasteiger partial charge in [-0.1, -0.05) is 48.4 Å². The normalized spacial score (nSPS) is 14.7. The van der Waals surface area contributed by atoms with Gasteiger partial charge in [-0.05, 0) is 56.1 Å². The zero-order valence-electron chi connectivity index (χ0n) is 16.2. The van der Waals surface area contributed by atoms with Crippen LogP contribution in [0.3, 0.4) is 0 Å². The molecule has 0 unspecified atom stereocenters. The van der Waals surface area contributed by atoms with Gasteiger partial charge in [0.2, 0.25) is 5.91 Å². The lowest BCUT2D eigenvalue weighted by Crippen LogP contribution is -2.30. The molecule has 1 fully saturated rings. The molecule has 1 heterocycles. The van der Waals surface area contributed by atoms with E-state index < -0.39 is 0 Å². The van der Waals surface area contributed by atoms with E-state index >= 15 is 0 Å². The summed E-state index contributed by atoms with van der Waals surface area (Å²) in [6.07, 6.45) is 4.29. The molecule has 1 aliphatic heterocycles. The van der Waals surface area contributed by atoms with Gasteiger partial charge in [0.15, 0.2) is 0 Å². The third-order valence-electron chi connectivity index (χ3n) is 5.06. The number of carbonyl (C=O) groups is 1. The molecule has 0 spiro atoms. The van der Waals surface area contributed by atoms with Crippen molar-refractivity contribution in [3.63, 3.8) is 0 Å². The summed E-state index contributed by atoms with van der Waals surface area (Å²) in [4.78, 5) is 14.7. The number of likely N-dealkylation sites (tertiary alicyclic amines) is 1. The molecule has 27 heavy (non-hydrogen) atoms. The molecule has 0 aliphatic carbocycles. The maximum Gasteiger partial charge on any atom is 0.223 e. The molecule has 3 rings (SSSR count). The fraction of sp³-hybridized carbons (Fsp3) is 0.435. The lowest BCUT2D eigenvalue weighted by atomic mass is 10.0. The Morgan fingerprint density at radius 1 is 1.00 bits per heavy atom. The van der Waals surface area contributed by atoms with Crippen molar-refractivity contribution >= 4 is 5.91 Å². The Labute approximate surface area is 162 Å². The Morgan fingerprint density at radius 2 is 1.70 bits per heavy atom. The molecule has 144 valence electrons. The second-order valence-electron chi connectivity index (χ2n) is 7.29. The number of hydrogen-bond acceptors (Lipinski definition) is 3. The summed E-state index contributed by atoms with van der Waals surface area (Å²) < 4.78 is 5.64. The van der Waals surface area contributed by atoms with Gasteiger partial charge in [0, 0.05) is 13.1 Å². The second kappa shape index (κ2) is 10.1. The Kier molecular flexibility index (Phi) is 7.28. The SMILES string of the molecule is Cc1ccc(OCCC(=O)NCc2ccccc2CN2CCCCC2)cc1. The fourth-order valence-electron chi connectivity index (χ4n) is 3.42. The summed E-state index contributed by atoms with van der Waals surface area (Å²) in [5.74, 6) is 0.829. The lowest BCUT2D eigenvalue weighted by molar-refractivity contribution is -0.121. The van der Waals surface area contributed by atoms with Crippen molar-refractivity contribution in [1.29, 1.82) is 0 Å². The molecule has 1 N–H and O–H groups in total. The van der Waals surface area contributed by atoms with Gasteiger partial charge in [-0.25, -0.2) is 0 Å². The number of piperidine rings is 1. The smallest absolute Gasteiger partial charge is 0.223 e. The Morgan fingerprint density at radius 3 is 2.44 bits per heavy atom. The minimum absolute atomic E-state index is 0.0230. The summed E-state index contributed by atoms with van der Waals surface area (Å²) in [5, 5.41) is 3.03. The van der Waals surface area contributed by atoms with E-state index in [9.17, 15) is 4.79 Å². The van der Waals surface area contributed by atoms with E-state index in [1.807, 2.05) is 37.3 Å². The van der Waals surface area contributed by atoms with E-state index in [0.717, 1.165) is 12.3 Å². The number of rotatable bonds is 8. The maximum absolute atomic E-state index is 12.2. The van der Waals surface area contributed by atoms with Crippen LogP contribution in [0.25, 0.3) is 0 Å². The number of hydrogen-bond donors (Lipinski definition) is 1. The van der Waals surface area contributed by atoms with Crippen molar-refractivity contribution in [2.24, 2.45) is 0 Å². The van der Waals surface area contributed by atoms with Crippen LogP contribution < -0.4 is 10.1 Å². The van der Waals surface area contributed by atoms with Gasteiger partial charge in [-0.3, -0.25) is 9.69 Å². The van der Waals surface area contributed by atoms with E-state index in [0.29, 0.717) is 19.6 Å². The summed E-state index contributed by atoms with van der Waals surface area (Å²) in [6.45, 7) is 6.34. The summed E-state index contributed by atoms with van der Waals surface area (Å²) in [5.41, 5.74) is 3.72. The van der Waals surface area contributed by atoms with Crippen LogP contribution in [0.15, 0.2) is 48.5 Å². The topological polar surface area (TPSA) is 41.6 Å². The Balaban J connectivity index is 1.43. The first-order chi connectivity index (χ1) is 13.2. The molecule has 0 atom stereocenters. The van der Waals surface area contributed by atoms with Crippen molar-refractivity contribution in [3.8, 4) is 5.75 Å². The van der Waals surface area contributed by atoms with Gasteiger partial charge < -0.3 is 10.1 Å². The fourth-order valence-corrected chi connectivity index (χ4v) is 3.42. The Hall–Kier alpha value is -2.33. The predicted octanol–water partition coefficient (Wildman–Crippen LogP) is 4.07. The predicted molar refractivity (Wildman–Crippen MR) is 109 cm³/mol. The van der Waals surface area contributed by atoms with Crippen molar-refractivity contribution in [2.45, 2.75) is 45.7 Å². The minimum atomic E-state index is 0.0230. The minimum Gasteiger partial charge on any atom is -0.493 e. The zero-order chi connectivity index (χ0) is 18.9. The molecule has 2 aromatic carbocycles. The summed E-state index contributed by atoms with van der Waals surface area (Å²) in [6, 6.07) is 16.3. The number of ether oxygens (including phenoxy) is 1. The van der Waals surface area contributed by atoms with Crippen molar-refractivity contribution in [3.05, 3.63) is 65.2 Å².